The van der Waals surface area contributed by atoms with Gasteiger partial charge in [-0.05, 0) is 24.2 Å². The van der Waals surface area contributed by atoms with E-state index < -0.39 is 4.92 Å². The molecule has 0 aromatic carbocycles. The molecule has 1 aromatic rings. The fraction of sp³-hybridized carbons (Fsp3) is 0.636. The molecule has 2 rings (SSSR count). The number of anilines is 2. The van der Waals surface area contributed by atoms with E-state index in [9.17, 15) is 10.1 Å². The number of rotatable bonds is 5. The van der Waals surface area contributed by atoms with Gasteiger partial charge < -0.3 is 11.1 Å². The Kier molecular flexibility index (Phi) is 3.06. The third-order valence-corrected chi connectivity index (χ3v) is 3.71. The first kappa shape index (κ1) is 12.5. The highest BCUT2D eigenvalue weighted by Crippen LogP contribution is 2.51. The Morgan fingerprint density at radius 2 is 2.28 bits per heavy atom. The number of nitrogen functional groups attached to an aromatic ring is 1. The Hall–Kier alpha value is -1.92. The van der Waals surface area contributed by atoms with Gasteiger partial charge in [-0.1, -0.05) is 13.8 Å². The SMILES string of the molecule is CC(C)C1(CNc2nc(N)ncc2[N+](=O)[O-])CC1. The molecular weight excluding hydrogens is 234 g/mol. The van der Waals surface area contributed by atoms with Gasteiger partial charge in [0.25, 0.3) is 0 Å². The summed E-state index contributed by atoms with van der Waals surface area (Å²) in [4.78, 5) is 17.9. The number of aromatic nitrogens is 2. The van der Waals surface area contributed by atoms with Crippen LogP contribution in [0.25, 0.3) is 0 Å². The Labute approximate surface area is 105 Å². The molecule has 0 bridgehead atoms. The first-order valence-electron chi connectivity index (χ1n) is 5.95. The molecule has 18 heavy (non-hydrogen) atoms. The highest BCUT2D eigenvalue weighted by atomic mass is 16.6. The van der Waals surface area contributed by atoms with Crippen LogP contribution in [-0.4, -0.2) is 21.4 Å². The van der Waals surface area contributed by atoms with E-state index in [1.54, 1.807) is 0 Å². The summed E-state index contributed by atoms with van der Waals surface area (Å²) in [6.07, 6.45) is 3.43. The van der Waals surface area contributed by atoms with Gasteiger partial charge in [-0.3, -0.25) is 10.1 Å². The van der Waals surface area contributed by atoms with Gasteiger partial charge in [0.15, 0.2) is 0 Å². The minimum absolute atomic E-state index is 0.0393. The summed E-state index contributed by atoms with van der Waals surface area (Å²) in [6, 6.07) is 0. The predicted octanol–water partition coefficient (Wildman–Crippen LogP) is 1.82. The first-order chi connectivity index (χ1) is 8.44. The van der Waals surface area contributed by atoms with Gasteiger partial charge in [0.05, 0.1) is 4.92 Å². The number of hydrogen-bond donors (Lipinski definition) is 2. The van der Waals surface area contributed by atoms with Crippen molar-refractivity contribution in [3.8, 4) is 0 Å². The number of nitrogens with two attached hydrogens (primary N) is 1. The molecule has 7 heteroatoms. The van der Waals surface area contributed by atoms with Crippen molar-refractivity contribution in [1.29, 1.82) is 0 Å². The van der Waals surface area contributed by atoms with Gasteiger partial charge in [-0.25, -0.2) is 4.98 Å². The third kappa shape index (κ3) is 2.34. The Morgan fingerprint density at radius 1 is 1.61 bits per heavy atom. The maximum atomic E-state index is 10.9. The molecule has 1 aliphatic rings. The molecule has 0 saturated heterocycles. The van der Waals surface area contributed by atoms with Gasteiger partial charge >= 0.3 is 5.69 Å². The molecule has 0 amide bonds. The van der Waals surface area contributed by atoms with Crippen LogP contribution < -0.4 is 11.1 Å². The van der Waals surface area contributed by atoms with Crippen molar-refractivity contribution in [1.82, 2.24) is 9.97 Å². The lowest BCUT2D eigenvalue weighted by molar-refractivity contribution is -0.384. The van der Waals surface area contributed by atoms with Crippen LogP contribution in [0.4, 0.5) is 17.5 Å². The summed E-state index contributed by atoms with van der Waals surface area (Å²) >= 11 is 0. The number of nitrogens with one attached hydrogen (secondary N) is 1. The van der Waals surface area contributed by atoms with Crippen molar-refractivity contribution in [2.45, 2.75) is 26.7 Å². The topological polar surface area (TPSA) is 107 Å². The molecule has 0 radical (unpaired) electrons. The first-order valence-corrected chi connectivity index (χ1v) is 5.95. The minimum Gasteiger partial charge on any atom is -0.368 e. The van der Waals surface area contributed by atoms with Gasteiger partial charge in [-0.2, -0.15) is 4.98 Å². The molecule has 1 fully saturated rings. The summed E-state index contributed by atoms with van der Waals surface area (Å²) in [6.45, 7) is 5.01. The molecule has 0 atom stereocenters. The molecule has 0 unspecified atom stereocenters. The highest BCUT2D eigenvalue weighted by Gasteiger charge is 2.45. The molecule has 7 nitrogen and oxygen atoms in total. The molecule has 3 N–H and O–H groups in total. The monoisotopic (exact) mass is 251 g/mol. The smallest absolute Gasteiger partial charge is 0.329 e. The van der Waals surface area contributed by atoms with Gasteiger partial charge in [-0.15, -0.1) is 0 Å². The van der Waals surface area contributed by atoms with Crippen LogP contribution >= 0.6 is 0 Å². The average molecular weight is 251 g/mol. The van der Waals surface area contributed by atoms with Gasteiger partial charge in [0.1, 0.15) is 6.20 Å². The zero-order chi connectivity index (χ0) is 13.3. The van der Waals surface area contributed by atoms with E-state index in [0.29, 0.717) is 12.5 Å². The summed E-state index contributed by atoms with van der Waals surface area (Å²) in [5.74, 6) is 0.792. The summed E-state index contributed by atoms with van der Waals surface area (Å²) in [5, 5.41) is 13.9. The van der Waals surface area contributed by atoms with Crippen molar-refractivity contribution >= 4 is 17.5 Å². The average Bonchev–Trinajstić information content (AvgIpc) is 3.07. The molecule has 0 spiro atoms. The van der Waals surface area contributed by atoms with Crippen LogP contribution in [0.3, 0.4) is 0 Å². The molecule has 1 saturated carbocycles. The second kappa shape index (κ2) is 4.40. The van der Waals surface area contributed by atoms with E-state index in [1.165, 1.54) is 0 Å². The van der Waals surface area contributed by atoms with Crippen LogP contribution in [0, 0.1) is 21.4 Å². The number of nitrogens with zero attached hydrogens (tertiary/aromatic N) is 3. The molecule has 1 heterocycles. The number of hydrogen-bond acceptors (Lipinski definition) is 6. The van der Waals surface area contributed by atoms with Crippen molar-refractivity contribution in [2.75, 3.05) is 17.6 Å². The summed E-state index contributed by atoms with van der Waals surface area (Å²) in [7, 11) is 0. The summed E-state index contributed by atoms with van der Waals surface area (Å²) < 4.78 is 0. The van der Waals surface area contributed by atoms with Crippen molar-refractivity contribution in [2.24, 2.45) is 11.3 Å². The van der Waals surface area contributed by atoms with E-state index in [4.69, 9.17) is 5.73 Å². The van der Waals surface area contributed by atoms with Crippen LogP contribution in [0.2, 0.25) is 0 Å². The van der Waals surface area contributed by atoms with Crippen molar-refractivity contribution < 1.29 is 4.92 Å². The van der Waals surface area contributed by atoms with Crippen molar-refractivity contribution in [3.05, 3.63) is 16.3 Å². The quantitative estimate of drug-likeness (QED) is 0.610. The maximum absolute atomic E-state index is 10.9. The zero-order valence-electron chi connectivity index (χ0n) is 10.5. The molecule has 0 aliphatic heterocycles. The van der Waals surface area contributed by atoms with Crippen LogP contribution in [-0.2, 0) is 0 Å². The maximum Gasteiger partial charge on any atom is 0.329 e. The standard InChI is InChI=1S/C11H17N5O2/c1-7(2)11(3-4-11)6-14-9-8(16(17)18)5-13-10(12)15-9/h5,7H,3-4,6H2,1-2H3,(H3,12,13,14,15). The molecule has 1 aromatic heterocycles. The third-order valence-electron chi connectivity index (χ3n) is 3.71. The normalized spacial score (nSPS) is 16.6. The van der Waals surface area contributed by atoms with Crippen molar-refractivity contribution in [3.63, 3.8) is 0 Å². The predicted molar refractivity (Wildman–Crippen MR) is 68.1 cm³/mol. The second-order valence-corrected chi connectivity index (χ2v) is 5.09. The largest absolute Gasteiger partial charge is 0.368 e. The molecule has 98 valence electrons. The Morgan fingerprint density at radius 3 is 2.78 bits per heavy atom. The van der Waals surface area contributed by atoms with E-state index in [2.05, 4.69) is 29.1 Å². The van der Waals surface area contributed by atoms with Gasteiger partial charge in [0.2, 0.25) is 11.8 Å². The van der Waals surface area contributed by atoms with Gasteiger partial charge in [0, 0.05) is 6.54 Å². The Bertz CT molecular complexity index is 471. The summed E-state index contributed by atoms with van der Waals surface area (Å²) in [5.41, 5.74) is 5.57. The van der Waals surface area contributed by atoms with E-state index in [1.807, 2.05) is 0 Å². The lowest BCUT2D eigenvalue weighted by Gasteiger charge is -2.20. The van der Waals surface area contributed by atoms with E-state index >= 15 is 0 Å². The molecule has 1 aliphatic carbocycles. The van der Waals surface area contributed by atoms with Crippen LogP contribution in [0.15, 0.2) is 6.20 Å². The van der Waals surface area contributed by atoms with E-state index in [0.717, 1.165) is 19.0 Å². The second-order valence-electron chi connectivity index (χ2n) is 5.09. The zero-order valence-corrected chi connectivity index (χ0v) is 10.5. The van der Waals surface area contributed by atoms with E-state index in [-0.39, 0.29) is 22.9 Å². The molecular formula is C11H17N5O2. The van der Waals surface area contributed by atoms with Crippen LogP contribution in [0.5, 0.6) is 0 Å². The highest BCUT2D eigenvalue weighted by molar-refractivity contribution is 5.56. The lowest BCUT2D eigenvalue weighted by atomic mass is 9.92. The fourth-order valence-electron chi connectivity index (χ4n) is 2.03. The van der Waals surface area contributed by atoms with Crippen LogP contribution in [0.1, 0.15) is 26.7 Å². The fourth-order valence-corrected chi connectivity index (χ4v) is 2.03. The minimum atomic E-state index is -0.503. The number of nitro groups is 1. The lowest BCUT2D eigenvalue weighted by Crippen LogP contribution is -2.22. The Balaban J connectivity index is 2.14.